The van der Waals surface area contributed by atoms with E-state index < -0.39 is 50.7 Å². The second kappa shape index (κ2) is 8.25. The Morgan fingerprint density at radius 2 is 2.00 bits per heavy atom. The lowest BCUT2D eigenvalue weighted by atomic mass is 10.1. The normalized spacial score (nSPS) is 28.0. The van der Waals surface area contributed by atoms with Crippen LogP contribution in [0.3, 0.4) is 0 Å². The summed E-state index contributed by atoms with van der Waals surface area (Å²) in [6.07, 6.45) is -4.07. The van der Waals surface area contributed by atoms with Gasteiger partial charge in [0.05, 0.1) is 0 Å². The summed E-state index contributed by atoms with van der Waals surface area (Å²) in [6, 6.07) is 1.05. The highest BCUT2D eigenvalue weighted by molar-refractivity contribution is 7.32. The van der Waals surface area contributed by atoms with Crippen molar-refractivity contribution in [3.05, 3.63) is 33.1 Å². The van der Waals surface area contributed by atoms with Gasteiger partial charge in [-0.05, 0) is 0 Å². The second-order valence-corrected chi connectivity index (χ2v) is 4.83. The van der Waals surface area contributed by atoms with Crippen molar-refractivity contribution in [2.45, 2.75) is 24.5 Å². The third-order valence-electron chi connectivity index (χ3n) is 2.81. The van der Waals surface area contributed by atoms with Crippen molar-refractivity contribution in [1.29, 1.82) is 0 Å². The molecule has 0 bridgehead atoms. The number of hydrogen-bond acceptors (Lipinski definition) is 8. The van der Waals surface area contributed by atoms with Gasteiger partial charge in [-0.15, -0.1) is 9.42 Å². The van der Waals surface area contributed by atoms with Gasteiger partial charge in [0.1, 0.15) is 24.9 Å². The molecule has 4 unspecified atom stereocenters. The van der Waals surface area contributed by atoms with E-state index in [1.165, 1.54) is 0 Å². The highest BCUT2D eigenvalue weighted by atomic mass is 31.1. The number of aromatic amines is 1. The van der Waals surface area contributed by atoms with Crippen LogP contribution in [0.2, 0.25) is 0 Å². The van der Waals surface area contributed by atoms with Gasteiger partial charge in [-0.3, -0.25) is 14.3 Å². The minimum Gasteiger partial charge on any atom is -0.400 e. The van der Waals surface area contributed by atoms with E-state index in [0.717, 1.165) is 23.9 Å². The molecule has 1 fully saturated rings. The zero-order chi connectivity index (χ0) is 16.9. The lowest BCUT2D eigenvalue weighted by Crippen LogP contribution is -2.37. The van der Waals surface area contributed by atoms with Crippen LogP contribution >= 0.6 is 8.25 Å². The van der Waals surface area contributed by atoms with E-state index in [0.29, 0.717) is 0 Å². The van der Waals surface area contributed by atoms with Gasteiger partial charge >= 0.3 is 13.9 Å². The Balaban J connectivity index is 0.00000116. The predicted molar refractivity (Wildman–Crippen MR) is 71.2 cm³/mol. The first-order valence-corrected chi connectivity index (χ1v) is 7.10. The van der Waals surface area contributed by atoms with Gasteiger partial charge in [0, 0.05) is 23.9 Å². The summed E-state index contributed by atoms with van der Waals surface area (Å²) in [5, 5.41) is 26.6. The van der Waals surface area contributed by atoms with E-state index in [1.54, 1.807) is 0 Å². The van der Waals surface area contributed by atoms with Gasteiger partial charge in [-0.1, -0.05) is 0 Å². The first-order chi connectivity index (χ1) is 10.4. The Morgan fingerprint density at radius 1 is 1.36 bits per heavy atom. The number of aromatic nitrogens is 2. The molecule has 1 aliphatic rings. The molecular weight excluding hydrogens is 323 g/mol. The van der Waals surface area contributed by atoms with Gasteiger partial charge in [0.2, 0.25) is 0 Å². The van der Waals surface area contributed by atoms with Crippen molar-refractivity contribution in [2.24, 2.45) is 0 Å². The maximum atomic E-state index is 11.6. The number of H-pyrrole nitrogens is 1. The molecule has 1 aromatic rings. The van der Waals surface area contributed by atoms with E-state index in [9.17, 15) is 24.4 Å². The molecule has 0 aromatic carbocycles. The first kappa shape index (κ1) is 18.6. The smallest absolute Gasteiger partial charge is 0.400 e. The van der Waals surface area contributed by atoms with E-state index in [-0.39, 0.29) is 0 Å². The van der Waals surface area contributed by atoms with Crippen LogP contribution < -0.4 is 11.2 Å². The summed E-state index contributed by atoms with van der Waals surface area (Å²) in [5.74, 6) is 0. The fourth-order valence-corrected chi connectivity index (χ4v) is 2.14. The molecule has 0 amide bonds. The molecule has 5 N–H and O–H groups in total. The summed E-state index contributed by atoms with van der Waals surface area (Å²) in [6.45, 7) is -0.432. The van der Waals surface area contributed by atoms with Crippen molar-refractivity contribution in [3.63, 3.8) is 0 Å². The standard InChI is InChI=1S/C9H11N2O8P.CH4O/c12-5-1-2-11(9(15)10-5)8-7(14)6(13)4(19-8)3-18-20(16)17;1-2/h1-2,4,6-8,13-14H,3H2,(H-,10,12,15,16,17);2H,1H3/p+1/t4?,6-,7?,8?;/m0./s1. The number of hydrogen-bond donors (Lipinski definition) is 5. The molecule has 1 aromatic heterocycles. The maximum Gasteiger partial charge on any atom is 0.694 e. The number of rotatable bonds is 4. The molecule has 5 atom stereocenters. The lowest BCUT2D eigenvalue weighted by Gasteiger charge is -2.16. The van der Waals surface area contributed by atoms with Crippen LogP contribution in [-0.2, 0) is 13.8 Å². The van der Waals surface area contributed by atoms with Crippen LogP contribution in [0.4, 0.5) is 0 Å². The monoisotopic (exact) mass is 339 g/mol. The molecule has 1 aliphatic heterocycles. The zero-order valence-corrected chi connectivity index (χ0v) is 12.3. The first-order valence-electron chi connectivity index (χ1n) is 5.97. The van der Waals surface area contributed by atoms with Gasteiger partial charge in [-0.25, -0.2) is 4.79 Å². The van der Waals surface area contributed by atoms with Gasteiger partial charge < -0.3 is 20.1 Å². The van der Waals surface area contributed by atoms with Crippen molar-refractivity contribution >= 4 is 8.25 Å². The molecule has 12 heteroatoms. The van der Waals surface area contributed by atoms with Crippen LogP contribution in [0.15, 0.2) is 21.9 Å². The van der Waals surface area contributed by atoms with Crippen LogP contribution in [0.5, 0.6) is 0 Å². The molecule has 2 rings (SSSR count). The Kier molecular flexibility index (Phi) is 6.97. The topological polar surface area (TPSA) is 171 Å². The molecule has 0 radical (unpaired) electrons. The van der Waals surface area contributed by atoms with Crippen LogP contribution in [-0.4, -0.2) is 61.8 Å². The molecule has 0 aliphatic carbocycles. The van der Waals surface area contributed by atoms with Crippen LogP contribution in [0, 0.1) is 0 Å². The summed E-state index contributed by atoms with van der Waals surface area (Å²) >= 11 is 0. The fourth-order valence-electron chi connectivity index (χ4n) is 1.86. The van der Waals surface area contributed by atoms with E-state index in [4.69, 9.17) is 14.7 Å². The minimum absolute atomic E-state index is 0.432. The fraction of sp³-hybridized carbons (Fsp3) is 0.600. The molecular formula is C10H16N2O9P+. The Morgan fingerprint density at radius 3 is 2.55 bits per heavy atom. The number of nitrogens with zero attached hydrogens (tertiary/aromatic N) is 1. The molecule has 22 heavy (non-hydrogen) atoms. The number of ether oxygens (including phenoxy) is 1. The average Bonchev–Trinajstić information content (AvgIpc) is 2.75. The summed E-state index contributed by atoms with van der Waals surface area (Å²) < 4.78 is 20.9. The van der Waals surface area contributed by atoms with Crippen molar-refractivity contribution < 1.29 is 34.0 Å². The molecule has 1 saturated heterocycles. The van der Waals surface area contributed by atoms with Crippen LogP contribution in [0.1, 0.15) is 6.23 Å². The van der Waals surface area contributed by atoms with Crippen LogP contribution in [0.25, 0.3) is 0 Å². The predicted octanol–water partition coefficient (Wildman–Crippen LogP) is -2.57. The minimum atomic E-state index is -2.87. The number of aliphatic hydroxyl groups excluding tert-OH is 3. The van der Waals surface area contributed by atoms with E-state index in [2.05, 4.69) is 4.52 Å². The van der Waals surface area contributed by atoms with Crippen molar-refractivity contribution in [1.82, 2.24) is 9.55 Å². The summed E-state index contributed by atoms with van der Waals surface area (Å²) in [5.41, 5.74) is -1.43. The summed E-state index contributed by atoms with van der Waals surface area (Å²) in [4.78, 5) is 33.0. The average molecular weight is 339 g/mol. The van der Waals surface area contributed by atoms with Gasteiger partial charge in [-0.2, -0.15) is 0 Å². The molecule has 0 spiro atoms. The van der Waals surface area contributed by atoms with Gasteiger partial charge in [0.25, 0.3) is 5.56 Å². The molecule has 2 heterocycles. The number of aliphatic hydroxyl groups is 3. The van der Waals surface area contributed by atoms with Gasteiger partial charge in [0.15, 0.2) is 6.23 Å². The third kappa shape index (κ3) is 4.27. The Bertz CT molecular complexity index is 615. The van der Waals surface area contributed by atoms with E-state index in [1.807, 2.05) is 4.98 Å². The van der Waals surface area contributed by atoms with Crippen molar-refractivity contribution in [2.75, 3.05) is 13.7 Å². The molecule has 11 nitrogen and oxygen atoms in total. The number of nitrogens with one attached hydrogen (secondary N) is 1. The third-order valence-corrected chi connectivity index (χ3v) is 3.18. The largest absolute Gasteiger partial charge is 0.694 e. The quantitative estimate of drug-likeness (QED) is 0.370. The maximum absolute atomic E-state index is 11.6. The van der Waals surface area contributed by atoms with E-state index >= 15 is 0 Å². The lowest BCUT2D eigenvalue weighted by molar-refractivity contribution is -0.0517. The highest BCUT2D eigenvalue weighted by Gasteiger charge is 2.45. The second-order valence-electron chi connectivity index (χ2n) is 4.10. The molecule has 124 valence electrons. The molecule has 0 saturated carbocycles. The highest BCUT2D eigenvalue weighted by Crippen LogP contribution is 2.29. The van der Waals surface area contributed by atoms with Crippen molar-refractivity contribution in [3.8, 4) is 0 Å². The summed E-state index contributed by atoms with van der Waals surface area (Å²) in [7, 11) is -1.87. The Hall–Kier alpha value is -1.46. The SMILES string of the molecule is CO.O=c1ccn(C2OC(CO[P+](=O)O)[C@H](O)C2O)c(=O)[nH]1. The Labute approximate surface area is 124 Å². The zero-order valence-electron chi connectivity index (χ0n) is 11.4.